The quantitative estimate of drug-likeness (QED) is 0.206. The number of fused-ring (bicyclic) bond motifs is 1. The molecule has 4 aromatic rings. The summed E-state index contributed by atoms with van der Waals surface area (Å²) < 4.78 is 6.29. The molecular formula is C34H32N4O6. The molecule has 1 unspecified atom stereocenters. The molecule has 10 nitrogen and oxygen atoms in total. The first-order valence-corrected chi connectivity index (χ1v) is 14.2. The maximum absolute atomic E-state index is 13.9. The van der Waals surface area contributed by atoms with Crippen LogP contribution in [0.25, 0.3) is 0 Å². The third-order valence-electron chi connectivity index (χ3n) is 7.13. The summed E-state index contributed by atoms with van der Waals surface area (Å²) in [6.07, 6.45) is -0.893. The first kappa shape index (κ1) is 29.8. The molecule has 0 saturated heterocycles. The van der Waals surface area contributed by atoms with Gasteiger partial charge < -0.3 is 30.7 Å². The molecule has 0 saturated carbocycles. The fraction of sp³-hybridized carbons (Fsp3) is 0.176. The number of carbonyl (C=O) groups excluding carboxylic acids is 3. The van der Waals surface area contributed by atoms with Crippen LogP contribution in [0.2, 0.25) is 0 Å². The molecule has 1 heterocycles. The van der Waals surface area contributed by atoms with E-state index in [1.54, 1.807) is 42.5 Å². The zero-order chi connectivity index (χ0) is 30.9. The Hall–Kier alpha value is -5.64. The maximum atomic E-state index is 13.9. The number of carbonyl (C=O) groups is 4. The molecule has 1 aliphatic rings. The number of carboxylic acids is 1. The molecule has 4 N–H and O–H groups in total. The van der Waals surface area contributed by atoms with Gasteiger partial charge in [-0.2, -0.15) is 0 Å². The van der Waals surface area contributed by atoms with Crippen molar-refractivity contribution in [1.82, 2.24) is 15.5 Å². The zero-order valence-corrected chi connectivity index (χ0v) is 23.8. The summed E-state index contributed by atoms with van der Waals surface area (Å²) in [6, 6.07) is 31.2. The average molecular weight is 593 g/mol. The van der Waals surface area contributed by atoms with Crippen molar-refractivity contribution in [1.29, 1.82) is 0 Å². The standard InChI is InChI=1S/C34H32N4O6/c39-31(37-28(19-32(40)41)24-12-6-2-7-13-24)22-38-21-30(25-14-8-3-9-15-25)44-29-17-16-26(18-27(29)33(38)42)36-34(43)35-20-23-10-4-1-5-11-23/h1-18,28,30H,19-22H2,(H,37,39)(H,40,41)(H2,35,36,43)/t28-,30?/m0/s1. The lowest BCUT2D eigenvalue weighted by molar-refractivity contribution is -0.137. The smallest absolute Gasteiger partial charge is 0.319 e. The van der Waals surface area contributed by atoms with E-state index in [2.05, 4.69) is 16.0 Å². The van der Waals surface area contributed by atoms with Crippen LogP contribution >= 0.6 is 0 Å². The first-order valence-electron chi connectivity index (χ1n) is 14.2. The van der Waals surface area contributed by atoms with Crippen molar-refractivity contribution in [3.05, 3.63) is 131 Å². The van der Waals surface area contributed by atoms with Gasteiger partial charge in [0.25, 0.3) is 5.91 Å². The molecule has 0 aliphatic carbocycles. The number of hydrogen-bond acceptors (Lipinski definition) is 5. The minimum absolute atomic E-state index is 0.0696. The molecule has 0 spiro atoms. The molecule has 0 fully saturated rings. The van der Waals surface area contributed by atoms with E-state index in [4.69, 9.17) is 4.74 Å². The van der Waals surface area contributed by atoms with Gasteiger partial charge in [0.1, 0.15) is 18.4 Å². The molecule has 4 aromatic carbocycles. The normalized spacial score (nSPS) is 14.8. The summed E-state index contributed by atoms with van der Waals surface area (Å²) in [5, 5.41) is 17.8. The van der Waals surface area contributed by atoms with Crippen LogP contribution in [0.5, 0.6) is 5.75 Å². The van der Waals surface area contributed by atoms with Crippen molar-refractivity contribution < 1.29 is 29.0 Å². The highest BCUT2D eigenvalue weighted by Crippen LogP contribution is 2.33. The Balaban J connectivity index is 1.36. The van der Waals surface area contributed by atoms with E-state index in [-0.39, 0.29) is 25.1 Å². The number of nitrogens with one attached hydrogen (secondary N) is 3. The predicted octanol–water partition coefficient (Wildman–Crippen LogP) is 4.92. The number of carboxylic acid groups (broad SMARTS) is 1. The average Bonchev–Trinajstić information content (AvgIpc) is 3.17. The number of urea groups is 1. The van der Waals surface area contributed by atoms with Gasteiger partial charge in [0.15, 0.2) is 0 Å². The van der Waals surface area contributed by atoms with Crippen molar-refractivity contribution in [2.24, 2.45) is 0 Å². The van der Waals surface area contributed by atoms with Gasteiger partial charge in [-0.05, 0) is 34.9 Å². The second-order valence-electron chi connectivity index (χ2n) is 10.3. The second-order valence-corrected chi connectivity index (χ2v) is 10.3. The molecule has 10 heteroatoms. The summed E-state index contributed by atoms with van der Waals surface area (Å²) in [7, 11) is 0. The van der Waals surface area contributed by atoms with Crippen LogP contribution in [0.3, 0.4) is 0 Å². The number of nitrogens with zero attached hydrogens (tertiary/aromatic N) is 1. The third kappa shape index (κ3) is 7.80. The lowest BCUT2D eigenvalue weighted by Crippen LogP contribution is -2.43. The van der Waals surface area contributed by atoms with Gasteiger partial charge in [-0.1, -0.05) is 91.0 Å². The monoisotopic (exact) mass is 592 g/mol. The molecule has 0 bridgehead atoms. The molecule has 5 rings (SSSR count). The Morgan fingerprint density at radius 1 is 0.886 bits per heavy atom. The van der Waals surface area contributed by atoms with E-state index < -0.39 is 36.0 Å². The summed E-state index contributed by atoms with van der Waals surface area (Å²) in [5.41, 5.74) is 2.95. The van der Waals surface area contributed by atoms with Crippen molar-refractivity contribution in [3.63, 3.8) is 0 Å². The summed E-state index contributed by atoms with van der Waals surface area (Å²) in [5.74, 6) is -1.73. The largest absolute Gasteiger partial charge is 0.483 e. The lowest BCUT2D eigenvalue weighted by Gasteiger charge is -2.25. The molecule has 224 valence electrons. The van der Waals surface area contributed by atoms with Crippen molar-refractivity contribution in [3.8, 4) is 5.75 Å². The van der Waals surface area contributed by atoms with Crippen molar-refractivity contribution >= 4 is 29.5 Å². The van der Waals surface area contributed by atoms with E-state index in [1.165, 1.54) is 11.0 Å². The first-order chi connectivity index (χ1) is 21.4. The van der Waals surface area contributed by atoms with Gasteiger partial charge in [0.05, 0.1) is 24.6 Å². The molecule has 1 aliphatic heterocycles. The van der Waals surface area contributed by atoms with E-state index in [0.29, 0.717) is 23.5 Å². The molecule has 0 radical (unpaired) electrons. The van der Waals surface area contributed by atoms with Gasteiger partial charge in [0.2, 0.25) is 5.91 Å². The Labute approximate surface area is 254 Å². The van der Waals surface area contributed by atoms with E-state index >= 15 is 0 Å². The van der Waals surface area contributed by atoms with Gasteiger partial charge in [-0.25, -0.2) is 4.79 Å². The van der Waals surface area contributed by atoms with E-state index in [0.717, 1.165) is 11.1 Å². The summed E-state index contributed by atoms with van der Waals surface area (Å²) in [6.45, 7) is 0.0660. The predicted molar refractivity (Wildman–Crippen MR) is 164 cm³/mol. The van der Waals surface area contributed by atoms with Crippen LogP contribution in [0.15, 0.2) is 109 Å². The third-order valence-corrected chi connectivity index (χ3v) is 7.13. The highest BCUT2D eigenvalue weighted by Gasteiger charge is 2.32. The van der Waals surface area contributed by atoms with Crippen LogP contribution < -0.4 is 20.7 Å². The number of benzene rings is 4. The lowest BCUT2D eigenvalue weighted by atomic mass is 10.0. The van der Waals surface area contributed by atoms with E-state index in [1.807, 2.05) is 60.7 Å². The maximum Gasteiger partial charge on any atom is 0.319 e. The minimum atomic E-state index is -1.07. The van der Waals surface area contributed by atoms with Gasteiger partial charge in [-0.3, -0.25) is 14.4 Å². The number of hydrogen-bond donors (Lipinski definition) is 4. The highest BCUT2D eigenvalue weighted by atomic mass is 16.5. The van der Waals surface area contributed by atoms with Crippen LogP contribution in [-0.2, 0) is 16.1 Å². The second kappa shape index (κ2) is 14.0. The Morgan fingerprint density at radius 2 is 1.55 bits per heavy atom. The Kier molecular flexibility index (Phi) is 9.51. The summed E-state index contributed by atoms with van der Waals surface area (Å²) >= 11 is 0. The molecular weight excluding hydrogens is 560 g/mol. The van der Waals surface area contributed by atoms with Crippen molar-refractivity contribution in [2.45, 2.75) is 25.1 Å². The Bertz CT molecular complexity index is 1620. The fourth-order valence-electron chi connectivity index (χ4n) is 4.98. The number of aliphatic carboxylic acids is 1. The van der Waals surface area contributed by atoms with Crippen LogP contribution in [-0.4, -0.2) is 46.9 Å². The minimum Gasteiger partial charge on any atom is -0.483 e. The van der Waals surface area contributed by atoms with Gasteiger partial charge in [0, 0.05) is 12.2 Å². The molecule has 0 aromatic heterocycles. The van der Waals surface area contributed by atoms with Gasteiger partial charge >= 0.3 is 12.0 Å². The van der Waals surface area contributed by atoms with Gasteiger partial charge in [-0.15, -0.1) is 0 Å². The number of ether oxygens (including phenoxy) is 1. The topological polar surface area (TPSA) is 137 Å². The van der Waals surface area contributed by atoms with Crippen LogP contribution in [0, 0.1) is 0 Å². The molecule has 4 amide bonds. The van der Waals surface area contributed by atoms with Crippen LogP contribution in [0.4, 0.5) is 10.5 Å². The fourth-order valence-corrected chi connectivity index (χ4v) is 4.98. The molecule has 44 heavy (non-hydrogen) atoms. The van der Waals surface area contributed by atoms with Crippen molar-refractivity contribution in [2.75, 3.05) is 18.4 Å². The number of rotatable bonds is 10. The Morgan fingerprint density at radius 3 is 2.23 bits per heavy atom. The molecule has 2 atom stereocenters. The SMILES string of the molecule is O=C(O)C[C@H](NC(=O)CN1CC(c2ccccc2)Oc2ccc(NC(=O)NCc3ccccc3)cc2C1=O)c1ccccc1. The summed E-state index contributed by atoms with van der Waals surface area (Å²) in [4.78, 5) is 52.7. The number of amides is 4. The van der Waals surface area contributed by atoms with Crippen LogP contribution in [0.1, 0.15) is 45.6 Å². The highest BCUT2D eigenvalue weighted by molar-refractivity contribution is 6.01. The van der Waals surface area contributed by atoms with E-state index in [9.17, 15) is 24.3 Å². The number of anilines is 1. The zero-order valence-electron chi connectivity index (χ0n) is 23.8.